The molecule has 1 fully saturated rings. The number of nitrogens with zero attached hydrogens (tertiary/aromatic N) is 5. The summed E-state index contributed by atoms with van der Waals surface area (Å²) in [5, 5.41) is 13.8. The Labute approximate surface area is 153 Å². The van der Waals surface area contributed by atoms with Crippen molar-refractivity contribution in [3.8, 4) is 5.88 Å². The van der Waals surface area contributed by atoms with Gasteiger partial charge >= 0.3 is 0 Å². The Morgan fingerprint density at radius 3 is 2.81 bits per heavy atom. The van der Waals surface area contributed by atoms with Crippen molar-refractivity contribution < 1.29 is 18.3 Å². The number of halogens is 2. The molecule has 1 saturated heterocycles. The Hall–Kier alpha value is -2.82. The molecule has 4 heterocycles. The van der Waals surface area contributed by atoms with Gasteiger partial charge in [0.25, 0.3) is 6.43 Å². The molecule has 0 aliphatic carbocycles. The van der Waals surface area contributed by atoms with E-state index in [-0.39, 0.29) is 5.92 Å². The standard InChI is InChI=1S/C16H19F2N7O2/c1-26-13-6-11(23-24-13)21-12-8-19-10-7-20-25(16(10)22-12)14(15(17)18)9-2-4-27-5-3-9/h6-9,14-15H,2-5H2,1H3,(H2,21,22,23,24)/t14-/m1/s1. The minimum Gasteiger partial charge on any atom is -0.481 e. The van der Waals surface area contributed by atoms with Crippen LogP contribution in [0.4, 0.5) is 20.4 Å². The van der Waals surface area contributed by atoms with Crippen LogP contribution in [0.15, 0.2) is 18.5 Å². The fourth-order valence-corrected chi connectivity index (χ4v) is 3.27. The van der Waals surface area contributed by atoms with Crippen LogP contribution in [0.5, 0.6) is 5.88 Å². The highest BCUT2D eigenvalue weighted by Crippen LogP contribution is 2.34. The number of methoxy groups -OCH3 is 1. The van der Waals surface area contributed by atoms with Gasteiger partial charge in [-0.1, -0.05) is 0 Å². The SMILES string of the molecule is COc1cc(Nc2cnc3cnn([C@@H](C(F)F)C4CCOCC4)c3n2)n[nH]1. The molecule has 0 radical (unpaired) electrons. The highest BCUT2D eigenvalue weighted by atomic mass is 19.3. The Bertz CT molecular complexity index is 907. The first-order valence-corrected chi connectivity index (χ1v) is 8.58. The number of rotatable bonds is 6. The normalized spacial score (nSPS) is 16.7. The number of anilines is 2. The number of aromatic nitrogens is 6. The van der Waals surface area contributed by atoms with Crippen molar-refractivity contribution in [1.82, 2.24) is 29.9 Å². The minimum absolute atomic E-state index is 0.226. The molecule has 4 rings (SSSR count). The summed E-state index contributed by atoms with van der Waals surface area (Å²) in [5.74, 6) is 1.10. The van der Waals surface area contributed by atoms with Crippen LogP contribution >= 0.6 is 0 Å². The van der Waals surface area contributed by atoms with Crippen molar-refractivity contribution in [3.05, 3.63) is 18.5 Å². The van der Waals surface area contributed by atoms with E-state index < -0.39 is 12.5 Å². The molecule has 2 N–H and O–H groups in total. The lowest BCUT2D eigenvalue weighted by Crippen LogP contribution is -2.31. The molecule has 11 heteroatoms. The molecule has 0 bridgehead atoms. The van der Waals surface area contributed by atoms with Gasteiger partial charge in [0, 0.05) is 19.3 Å². The van der Waals surface area contributed by atoms with Crippen LogP contribution in [0.2, 0.25) is 0 Å². The summed E-state index contributed by atoms with van der Waals surface area (Å²) in [7, 11) is 1.52. The molecular weight excluding hydrogens is 360 g/mol. The molecule has 1 atom stereocenters. The van der Waals surface area contributed by atoms with Gasteiger partial charge in [0.2, 0.25) is 5.88 Å². The van der Waals surface area contributed by atoms with Crippen molar-refractivity contribution >= 4 is 22.8 Å². The van der Waals surface area contributed by atoms with Gasteiger partial charge in [-0.05, 0) is 18.8 Å². The zero-order valence-electron chi connectivity index (χ0n) is 14.6. The molecule has 1 aliphatic heterocycles. The van der Waals surface area contributed by atoms with Crippen molar-refractivity contribution in [2.24, 2.45) is 5.92 Å². The number of H-pyrrole nitrogens is 1. The van der Waals surface area contributed by atoms with Crippen molar-refractivity contribution in [2.75, 3.05) is 25.6 Å². The highest BCUT2D eigenvalue weighted by Gasteiger charge is 2.34. The van der Waals surface area contributed by atoms with Gasteiger partial charge in [-0.15, -0.1) is 0 Å². The van der Waals surface area contributed by atoms with E-state index >= 15 is 0 Å². The molecule has 0 amide bonds. The molecule has 0 aromatic carbocycles. The van der Waals surface area contributed by atoms with Gasteiger partial charge in [-0.2, -0.15) is 10.2 Å². The van der Waals surface area contributed by atoms with E-state index in [0.717, 1.165) is 0 Å². The van der Waals surface area contributed by atoms with Crippen LogP contribution in [-0.4, -0.2) is 56.7 Å². The van der Waals surface area contributed by atoms with E-state index in [0.29, 0.717) is 54.7 Å². The van der Waals surface area contributed by atoms with Crippen LogP contribution in [-0.2, 0) is 4.74 Å². The lowest BCUT2D eigenvalue weighted by molar-refractivity contribution is -0.00705. The zero-order valence-corrected chi connectivity index (χ0v) is 14.6. The van der Waals surface area contributed by atoms with E-state index in [4.69, 9.17) is 9.47 Å². The van der Waals surface area contributed by atoms with Gasteiger partial charge in [-0.25, -0.2) is 28.5 Å². The lowest BCUT2D eigenvalue weighted by atomic mass is 9.92. The molecule has 0 spiro atoms. The second-order valence-corrected chi connectivity index (χ2v) is 6.27. The first-order chi connectivity index (χ1) is 13.2. The highest BCUT2D eigenvalue weighted by molar-refractivity contribution is 5.72. The van der Waals surface area contributed by atoms with E-state index in [9.17, 15) is 8.78 Å². The Kier molecular flexibility index (Phi) is 4.84. The maximum Gasteiger partial charge on any atom is 0.261 e. The molecule has 9 nitrogen and oxygen atoms in total. The number of alkyl halides is 2. The number of aromatic amines is 1. The van der Waals surface area contributed by atoms with E-state index in [1.165, 1.54) is 24.2 Å². The molecule has 3 aromatic heterocycles. The van der Waals surface area contributed by atoms with E-state index in [1.807, 2.05) is 0 Å². The zero-order chi connectivity index (χ0) is 18.8. The summed E-state index contributed by atoms with van der Waals surface area (Å²) in [4.78, 5) is 8.70. The molecule has 3 aromatic rings. The maximum absolute atomic E-state index is 13.9. The fraction of sp³-hybridized carbons (Fsp3) is 0.500. The smallest absolute Gasteiger partial charge is 0.261 e. The number of ether oxygens (including phenoxy) is 2. The second kappa shape index (κ2) is 7.43. The van der Waals surface area contributed by atoms with Gasteiger partial charge in [0.05, 0.1) is 19.5 Å². The third-order valence-electron chi connectivity index (χ3n) is 4.62. The van der Waals surface area contributed by atoms with Gasteiger partial charge < -0.3 is 14.8 Å². The van der Waals surface area contributed by atoms with Crippen LogP contribution in [0.1, 0.15) is 18.9 Å². The first kappa shape index (κ1) is 17.6. The quantitative estimate of drug-likeness (QED) is 0.678. The fourth-order valence-electron chi connectivity index (χ4n) is 3.27. The molecule has 0 saturated carbocycles. The maximum atomic E-state index is 13.9. The average molecular weight is 379 g/mol. The molecule has 0 unspecified atom stereocenters. The summed E-state index contributed by atoms with van der Waals surface area (Å²) in [6.45, 7) is 0.957. The monoisotopic (exact) mass is 379 g/mol. The summed E-state index contributed by atoms with van der Waals surface area (Å²) in [6.07, 6.45) is 1.52. The minimum atomic E-state index is -2.56. The van der Waals surface area contributed by atoms with Crippen LogP contribution in [0.25, 0.3) is 11.2 Å². The largest absolute Gasteiger partial charge is 0.481 e. The van der Waals surface area contributed by atoms with Gasteiger partial charge in [-0.3, -0.25) is 0 Å². The molecule has 144 valence electrons. The predicted molar refractivity (Wildman–Crippen MR) is 92.3 cm³/mol. The Morgan fingerprint density at radius 2 is 2.11 bits per heavy atom. The number of nitrogens with one attached hydrogen (secondary N) is 2. The predicted octanol–water partition coefficient (Wildman–Crippen LogP) is 2.53. The number of hydrogen-bond acceptors (Lipinski definition) is 7. The summed E-state index contributed by atoms with van der Waals surface area (Å²) in [5.41, 5.74) is 0.761. The van der Waals surface area contributed by atoms with Crippen molar-refractivity contribution in [2.45, 2.75) is 25.3 Å². The second-order valence-electron chi connectivity index (χ2n) is 6.27. The van der Waals surface area contributed by atoms with E-state index in [2.05, 4.69) is 30.6 Å². The third-order valence-corrected chi connectivity index (χ3v) is 4.62. The Balaban J connectivity index is 1.66. The summed E-state index contributed by atoms with van der Waals surface area (Å²) in [6, 6.07) is 0.578. The van der Waals surface area contributed by atoms with E-state index in [1.54, 1.807) is 6.07 Å². The van der Waals surface area contributed by atoms with Crippen molar-refractivity contribution in [3.63, 3.8) is 0 Å². The number of fused-ring (bicyclic) bond motifs is 1. The summed E-state index contributed by atoms with van der Waals surface area (Å²) < 4.78 is 39.4. The topological polar surface area (TPSA) is 103 Å². The molecule has 27 heavy (non-hydrogen) atoms. The third kappa shape index (κ3) is 3.54. The van der Waals surface area contributed by atoms with Crippen molar-refractivity contribution in [1.29, 1.82) is 0 Å². The first-order valence-electron chi connectivity index (χ1n) is 8.58. The molecule has 1 aliphatic rings. The van der Waals surface area contributed by atoms with Gasteiger partial charge in [0.15, 0.2) is 17.3 Å². The summed E-state index contributed by atoms with van der Waals surface area (Å²) >= 11 is 0. The number of hydrogen-bond donors (Lipinski definition) is 2. The van der Waals surface area contributed by atoms with Crippen LogP contribution < -0.4 is 10.1 Å². The average Bonchev–Trinajstić information content (AvgIpc) is 3.30. The van der Waals surface area contributed by atoms with Crippen LogP contribution in [0.3, 0.4) is 0 Å². The lowest BCUT2D eigenvalue weighted by Gasteiger charge is -2.30. The molecular formula is C16H19F2N7O2. The van der Waals surface area contributed by atoms with Crippen LogP contribution in [0, 0.1) is 5.92 Å². The Morgan fingerprint density at radius 1 is 1.30 bits per heavy atom. The van der Waals surface area contributed by atoms with Gasteiger partial charge in [0.1, 0.15) is 11.6 Å².